The van der Waals surface area contributed by atoms with Gasteiger partial charge in [-0.05, 0) is 30.7 Å². The van der Waals surface area contributed by atoms with Crippen LogP contribution in [0.5, 0.6) is 0 Å². The summed E-state index contributed by atoms with van der Waals surface area (Å²) in [6.07, 6.45) is 0.803. The Hall–Kier alpha value is -2.73. The monoisotopic (exact) mass is 355 g/mol. The van der Waals surface area contributed by atoms with Crippen LogP contribution in [0.25, 0.3) is 11.3 Å². The van der Waals surface area contributed by atoms with Crippen LogP contribution in [0.15, 0.2) is 60.0 Å². The van der Waals surface area contributed by atoms with Crippen LogP contribution in [0.3, 0.4) is 0 Å². The van der Waals surface area contributed by atoms with E-state index >= 15 is 0 Å². The van der Waals surface area contributed by atoms with Crippen LogP contribution in [0.1, 0.15) is 13.3 Å². The summed E-state index contributed by atoms with van der Waals surface area (Å²) in [5.74, 6) is -0.337. The maximum Gasteiger partial charge on any atom is 0.328 e. The van der Waals surface area contributed by atoms with E-state index in [0.29, 0.717) is 17.4 Å². The highest BCUT2D eigenvalue weighted by atomic mass is 32.1. The van der Waals surface area contributed by atoms with Crippen molar-refractivity contribution in [2.45, 2.75) is 13.3 Å². The molecule has 0 atom stereocenters. The van der Waals surface area contributed by atoms with E-state index in [1.54, 1.807) is 4.90 Å². The number of rotatable bonds is 5. The highest BCUT2D eigenvalue weighted by Crippen LogP contribution is 2.28. The van der Waals surface area contributed by atoms with Gasteiger partial charge in [0.05, 0.1) is 5.69 Å². The van der Waals surface area contributed by atoms with Crippen LogP contribution in [-0.4, -0.2) is 17.6 Å². The van der Waals surface area contributed by atoms with Crippen molar-refractivity contribution in [1.82, 2.24) is 4.98 Å². The van der Waals surface area contributed by atoms with Crippen LogP contribution in [0.4, 0.5) is 20.0 Å². The number of carbonyl (C=O) groups is 1. The van der Waals surface area contributed by atoms with E-state index in [-0.39, 0.29) is 11.8 Å². The van der Waals surface area contributed by atoms with Crippen molar-refractivity contribution in [1.29, 1.82) is 0 Å². The normalized spacial score (nSPS) is 10.5. The molecule has 25 heavy (non-hydrogen) atoms. The molecule has 0 bridgehead atoms. The number of thiazole rings is 1. The lowest BCUT2D eigenvalue weighted by Gasteiger charge is -2.19. The fourth-order valence-corrected chi connectivity index (χ4v) is 3.22. The number of nitrogens with one attached hydrogen (secondary N) is 1. The van der Waals surface area contributed by atoms with E-state index in [1.807, 2.05) is 42.6 Å². The summed E-state index contributed by atoms with van der Waals surface area (Å²) in [4.78, 5) is 18.8. The van der Waals surface area contributed by atoms with E-state index in [2.05, 4.69) is 10.3 Å². The molecule has 1 heterocycles. The van der Waals surface area contributed by atoms with E-state index in [9.17, 15) is 9.18 Å². The van der Waals surface area contributed by atoms with Crippen LogP contribution in [0.2, 0.25) is 0 Å². The number of benzene rings is 2. The Morgan fingerprint density at radius 2 is 1.88 bits per heavy atom. The number of carbonyl (C=O) groups excluding carboxylic acids is 1. The molecule has 2 aromatic carbocycles. The van der Waals surface area contributed by atoms with E-state index < -0.39 is 0 Å². The Labute approximate surface area is 150 Å². The Balaban J connectivity index is 1.79. The zero-order valence-electron chi connectivity index (χ0n) is 13.8. The van der Waals surface area contributed by atoms with Crippen LogP contribution in [0, 0.1) is 5.82 Å². The number of amides is 2. The van der Waals surface area contributed by atoms with Gasteiger partial charge in [0, 0.05) is 23.2 Å². The summed E-state index contributed by atoms with van der Waals surface area (Å²) < 4.78 is 13.0. The standard InChI is InChI=1S/C19H18FN3OS/c1-2-12-23(18(24)21-16-10-8-15(20)9-11-16)19-22-17(13-25-19)14-6-4-3-5-7-14/h3-11,13H,2,12H2,1H3,(H,21,24). The van der Waals surface area contributed by atoms with Gasteiger partial charge in [-0.25, -0.2) is 14.2 Å². The quantitative estimate of drug-likeness (QED) is 0.666. The number of urea groups is 1. The molecule has 0 saturated carbocycles. The Morgan fingerprint density at radius 3 is 2.56 bits per heavy atom. The van der Waals surface area contributed by atoms with Crippen molar-refractivity contribution in [3.8, 4) is 11.3 Å². The van der Waals surface area contributed by atoms with Gasteiger partial charge in [-0.15, -0.1) is 11.3 Å². The molecule has 0 aliphatic carbocycles. The average molecular weight is 355 g/mol. The molecule has 1 N–H and O–H groups in total. The molecule has 1 aromatic heterocycles. The molecule has 0 saturated heterocycles. The van der Waals surface area contributed by atoms with E-state index in [4.69, 9.17) is 0 Å². The van der Waals surface area contributed by atoms with Crippen LogP contribution >= 0.6 is 11.3 Å². The number of nitrogens with zero attached hydrogens (tertiary/aromatic N) is 2. The molecule has 4 nitrogen and oxygen atoms in total. The molecule has 0 aliphatic rings. The molecule has 3 aromatic rings. The lowest BCUT2D eigenvalue weighted by atomic mass is 10.2. The summed E-state index contributed by atoms with van der Waals surface area (Å²) in [6, 6.07) is 15.3. The first-order valence-corrected chi connectivity index (χ1v) is 8.90. The van der Waals surface area contributed by atoms with Crippen molar-refractivity contribution in [3.05, 3.63) is 65.8 Å². The fraction of sp³-hybridized carbons (Fsp3) is 0.158. The molecule has 3 rings (SSSR count). The zero-order valence-corrected chi connectivity index (χ0v) is 14.6. The molecule has 0 unspecified atom stereocenters. The largest absolute Gasteiger partial charge is 0.328 e. The van der Waals surface area contributed by atoms with Crippen molar-refractivity contribution >= 4 is 28.2 Å². The minimum absolute atomic E-state index is 0.276. The van der Waals surface area contributed by atoms with Gasteiger partial charge >= 0.3 is 6.03 Å². The second-order valence-corrected chi connectivity index (χ2v) is 6.31. The van der Waals surface area contributed by atoms with Crippen molar-refractivity contribution < 1.29 is 9.18 Å². The first-order chi connectivity index (χ1) is 12.2. The van der Waals surface area contributed by atoms with Gasteiger partial charge in [0.2, 0.25) is 0 Å². The maximum absolute atomic E-state index is 13.0. The summed E-state index contributed by atoms with van der Waals surface area (Å²) in [5.41, 5.74) is 2.41. The number of anilines is 2. The topological polar surface area (TPSA) is 45.2 Å². The SMILES string of the molecule is CCCN(C(=O)Nc1ccc(F)cc1)c1nc(-c2ccccc2)cs1. The van der Waals surface area contributed by atoms with Gasteiger partial charge < -0.3 is 5.32 Å². The molecule has 0 radical (unpaired) electrons. The molecular weight excluding hydrogens is 337 g/mol. The highest BCUT2D eigenvalue weighted by Gasteiger charge is 2.19. The predicted molar refractivity (Wildman–Crippen MR) is 101 cm³/mol. The van der Waals surface area contributed by atoms with Gasteiger partial charge in [0.1, 0.15) is 5.82 Å². The van der Waals surface area contributed by atoms with Gasteiger partial charge in [-0.2, -0.15) is 0 Å². The minimum Gasteiger partial charge on any atom is -0.307 e. The molecule has 2 amide bonds. The summed E-state index contributed by atoms with van der Waals surface area (Å²) in [5, 5.41) is 5.37. The van der Waals surface area contributed by atoms with Gasteiger partial charge in [-0.1, -0.05) is 37.3 Å². The first-order valence-electron chi connectivity index (χ1n) is 8.02. The van der Waals surface area contributed by atoms with E-state index in [1.165, 1.54) is 35.6 Å². The third-order valence-corrected chi connectivity index (χ3v) is 4.44. The first kappa shape index (κ1) is 17.1. The lowest BCUT2D eigenvalue weighted by Crippen LogP contribution is -2.35. The van der Waals surface area contributed by atoms with Crippen molar-refractivity contribution in [2.75, 3.05) is 16.8 Å². The number of hydrogen-bond donors (Lipinski definition) is 1. The zero-order chi connectivity index (χ0) is 17.6. The summed E-state index contributed by atoms with van der Waals surface area (Å²) in [6.45, 7) is 2.55. The second kappa shape index (κ2) is 7.90. The van der Waals surface area contributed by atoms with Gasteiger partial charge in [0.25, 0.3) is 0 Å². The predicted octanol–water partition coefficient (Wildman–Crippen LogP) is 5.40. The third-order valence-electron chi connectivity index (χ3n) is 3.58. The number of hydrogen-bond acceptors (Lipinski definition) is 3. The third kappa shape index (κ3) is 4.22. The fourth-order valence-electron chi connectivity index (χ4n) is 2.36. The molecule has 0 spiro atoms. The minimum atomic E-state index is -0.337. The van der Waals surface area contributed by atoms with Crippen molar-refractivity contribution in [3.63, 3.8) is 0 Å². The van der Waals surface area contributed by atoms with Crippen molar-refractivity contribution in [2.24, 2.45) is 0 Å². The number of halogens is 1. The van der Waals surface area contributed by atoms with E-state index in [0.717, 1.165) is 17.7 Å². The lowest BCUT2D eigenvalue weighted by molar-refractivity contribution is 0.257. The maximum atomic E-state index is 13.0. The highest BCUT2D eigenvalue weighted by molar-refractivity contribution is 7.14. The Kier molecular flexibility index (Phi) is 5.40. The summed E-state index contributed by atoms with van der Waals surface area (Å²) in [7, 11) is 0. The van der Waals surface area contributed by atoms with Crippen LogP contribution < -0.4 is 10.2 Å². The smallest absolute Gasteiger partial charge is 0.307 e. The van der Waals surface area contributed by atoms with Crippen LogP contribution in [-0.2, 0) is 0 Å². The summed E-state index contributed by atoms with van der Waals surface area (Å²) >= 11 is 1.43. The average Bonchev–Trinajstić information content (AvgIpc) is 3.12. The number of aromatic nitrogens is 1. The molecule has 0 aliphatic heterocycles. The van der Waals surface area contributed by atoms with Gasteiger partial charge in [-0.3, -0.25) is 4.90 Å². The Morgan fingerprint density at radius 1 is 1.16 bits per heavy atom. The molecule has 128 valence electrons. The molecular formula is C19H18FN3OS. The second-order valence-electron chi connectivity index (χ2n) is 5.47. The molecule has 0 fully saturated rings. The van der Waals surface area contributed by atoms with Gasteiger partial charge in [0.15, 0.2) is 5.13 Å². The Bertz CT molecular complexity index is 833. The molecule has 6 heteroatoms.